The Kier molecular flexibility index (Phi) is 4.05. The third kappa shape index (κ3) is 2.56. The summed E-state index contributed by atoms with van der Waals surface area (Å²) in [6, 6.07) is 16.9. The van der Waals surface area contributed by atoms with E-state index in [9.17, 15) is 5.26 Å². The minimum atomic E-state index is -0.0678. The van der Waals surface area contributed by atoms with Crippen LogP contribution >= 0.6 is 0 Å². The quantitative estimate of drug-likeness (QED) is 0.666. The van der Waals surface area contributed by atoms with Crippen molar-refractivity contribution in [2.24, 2.45) is 11.7 Å². The lowest BCUT2D eigenvalue weighted by Gasteiger charge is -2.33. The Bertz CT molecular complexity index is 1110. The van der Waals surface area contributed by atoms with Gasteiger partial charge in [-0.2, -0.15) is 5.26 Å². The van der Waals surface area contributed by atoms with Gasteiger partial charge in [-0.05, 0) is 29.5 Å². The first-order valence-corrected chi connectivity index (χ1v) is 9.92. The van der Waals surface area contributed by atoms with Crippen molar-refractivity contribution in [2.75, 3.05) is 0 Å². The minimum Gasteiger partial charge on any atom is -0.420 e. The molecule has 140 valence electrons. The number of H-pyrrole nitrogens is 1. The number of nitrogens with one attached hydrogen (secondary N) is 1. The molecule has 0 amide bonds. The maximum atomic E-state index is 9.86. The van der Waals surface area contributed by atoms with Crippen LogP contribution in [-0.2, 0) is 0 Å². The highest BCUT2D eigenvalue weighted by Crippen LogP contribution is 2.50. The number of nitriles is 1. The third-order valence-corrected chi connectivity index (χ3v) is 6.16. The van der Waals surface area contributed by atoms with Gasteiger partial charge in [0, 0.05) is 11.5 Å². The zero-order valence-corrected chi connectivity index (χ0v) is 15.6. The molecule has 2 heterocycles. The van der Waals surface area contributed by atoms with E-state index in [4.69, 9.17) is 10.5 Å². The molecule has 0 spiro atoms. The molecule has 1 aromatic heterocycles. The maximum Gasteiger partial charge on any atom is 0.244 e. The summed E-state index contributed by atoms with van der Waals surface area (Å²) in [5, 5.41) is 19.8. The van der Waals surface area contributed by atoms with Gasteiger partial charge in [-0.15, -0.1) is 5.10 Å². The Morgan fingerprint density at radius 2 is 1.86 bits per heavy atom. The summed E-state index contributed by atoms with van der Waals surface area (Å²) in [4.78, 5) is 0. The van der Waals surface area contributed by atoms with Crippen molar-refractivity contribution in [1.29, 1.82) is 5.26 Å². The number of rotatable bonds is 2. The Hall–Kier alpha value is -3.26. The summed E-state index contributed by atoms with van der Waals surface area (Å²) in [6.45, 7) is 0. The molecule has 5 rings (SSSR count). The van der Waals surface area contributed by atoms with Crippen LogP contribution in [-0.4, -0.2) is 10.2 Å². The number of aromatic nitrogens is 2. The summed E-state index contributed by atoms with van der Waals surface area (Å²) in [5.41, 5.74) is 9.66. The van der Waals surface area contributed by atoms with Gasteiger partial charge in [-0.3, -0.25) is 5.10 Å². The third-order valence-electron chi connectivity index (χ3n) is 6.16. The number of aromatic amines is 1. The highest BCUT2D eigenvalue weighted by molar-refractivity contribution is 5.96. The van der Waals surface area contributed by atoms with Gasteiger partial charge in [0.2, 0.25) is 11.8 Å². The van der Waals surface area contributed by atoms with Crippen LogP contribution in [0.4, 0.5) is 0 Å². The molecule has 0 bridgehead atoms. The summed E-state index contributed by atoms with van der Waals surface area (Å²) >= 11 is 0. The van der Waals surface area contributed by atoms with Gasteiger partial charge in [0.1, 0.15) is 6.07 Å². The van der Waals surface area contributed by atoms with Crippen LogP contribution in [0.3, 0.4) is 0 Å². The zero-order chi connectivity index (χ0) is 19.1. The van der Waals surface area contributed by atoms with E-state index in [0.717, 1.165) is 35.0 Å². The SMILES string of the molecule is N#CC1=C(N)Oc2n[nH]c(-c3cccc4ccccc34)c2[C@@H]1C1CCCCC1. The number of nitrogens with two attached hydrogens (primary N) is 1. The molecular weight excluding hydrogens is 348 g/mol. The summed E-state index contributed by atoms with van der Waals surface area (Å²) in [7, 11) is 0. The van der Waals surface area contributed by atoms with E-state index in [2.05, 4.69) is 46.6 Å². The Morgan fingerprint density at radius 1 is 1.07 bits per heavy atom. The number of ether oxygens (including phenoxy) is 1. The molecule has 0 radical (unpaired) electrons. The molecule has 1 aliphatic carbocycles. The Balaban J connectivity index is 1.72. The fourth-order valence-corrected chi connectivity index (χ4v) is 4.87. The van der Waals surface area contributed by atoms with Crippen LogP contribution in [0.5, 0.6) is 5.88 Å². The second-order valence-electron chi connectivity index (χ2n) is 7.71. The predicted octanol–water partition coefficient (Wildman–Crippen LogP) is 4.98. The van der Waals surface area contributed by atoms with Crippen molar-refractivity contribution < 1.29 is 4.74 Å². The summed E-state index contributed by atoms with van der Waals surface area (Å²) in [5.74, 6) is 1.02. The fraction of sp³-hybridized carbons (Fsp3) is 0.304. The van der Waals surface area contributed by atoms with Crippen LogP contribution in [0.25, 0.3) is 22.0 Å². The van der Waals surface area contributed by atoms with Crippen molar-refractivity contribution in [3.63, 3.8) is 0 Å². The lowest BCUT2D eigenvalue weighted by atomic mass is 9.72. The van der Waals surface area contributed by atoms with Gasteiger partial charge in [0.15, 0.2) is 0 Å². The first kappa shape index (κ1) is 16.9. The topological polar surface area (TPSA) is 87.7 Å². The number of nitrogens with zero attached hydrogens (tertiary/aromatic N) is 2. The predicted molar refractivity (Wildman–Crippen MR) is 108 cm³/mol. The maximum absolute atomic E-state index is 9.86. The summed E-state index contributed by atoms with van der Waals surface area (Å²) in [6.07, 6.45) is 5.84. The van der Waals surface area contributed by atoms with Crippen LogP contribution < -0.4 is 10.5 Å². The van der Waals surface area contributed by atoms with Crippen molar-refractivity contribution >= 4 is 10.8 Å². The molecule has 5 nitrogen and oxygen atoms in total. The number of hydrogen-bond acceptors (Lipinski definition) is 4. The van der Waals surface area contributed by atoms with E-state index < -0.39 is 0 Å². The zero-order valence-electron chi connectivity index (χ0n) is 15.6. The highest BCUT2D eigenvalue weighted by atomic mass is 16.5. The average molecular weight is 370 g/mol. The number of allylic oxidation sites excluding steroid dienone is 1. The minimum absolute atomic E-state index is 0.0678. The first-order chi connectivity index (χ1) is 13.8. The van der Waals surface area contributed by atoms with E-state index in [1.165, 1.54) is 24.6 Å². The Labute approximate surface area is 163 Å². The van der Waals surface area contributed by atoms with Gasteiger partial charge in [-0.1, -0.05) is 61.7 Å². The second kappa shape index (κ2) is 6.72. The molecule has 0 unspecified atom stereocenters. The van der Waals surface area contributed by atoms with Crippen LogP contribution in [0.1, 0.15) is 43.6 Å². The number of benzene rings is 2. The van der Waals surface area contributed by atoms with E-state index in [-0.39, 0.29) is 11.8 Å². The normalized spacial score (nSPS) is 19.9. The molecule has 1 saturated carbocycles. The highest BCUT2D eigenvalue weighted by Gasteiger charge is 2.39. The van der Waals surface area contributed by atoms with Gasteiger partial charge in [0.25, 0.3) is 0 Å². The molecule has 3 N–H and O–H groups in total. The van der Waals surface area contributed by atoms with Crippen molar-refractivity contribution in [2.45, 2.75) is 38.0 Å². The molecule has 1 aliphatic heterocycles. The molecule has 1 atom stereocenters. The van der Waals surface area contributed by atoms with E-state index >= 15 is 0 Å². The van der Waals surface area contributed by atoms with Gasteiger partial charge in [0.05, 0.1) is 16.8 Å². The largest absolute Gasteiger partial charge is 0.420 e. The van der Waals surface area contributed by atoms with E-state index in [0.29, 0.717) is 17.4 Å². The molecule has 28 heavy (non-hydrogen) atoms. The molecule has 2 aliphatic rings. The molecule has 5 heteroatoms. The Morgan fingerprint density at radius 3 is 2.68 bits per heavy atom. The van der Waals surface area contributed by atoms with Gasteiger partial charge >= 0.3 is 0 Å². The molecule has 3 aromatic rings. The van der Waals surface area contributed by atoms with E-state index in [1.54, 1.807) is 0 Å². The van der Waals surface area contributed by atoms with Crippen LogP contribution in [0.2, 0.25) is 0 Å². The average Bonchev–Trinajstić information content (AvgIpc) is 3.16. The number of hydrogen-bond donors (Lipinski definition) is 2. The standard InChI is InChI=1S/C23H22N4O/c24-13-18-19(15-8-2-1-3-9-15)20-21(26-27-23(20)28-22(18)25)17-12-6-10-14-7-4-5-11-16(14)17/h4-7,10-12,15,19H,1-3,8-9,25H2,(H,26,27)/t19-/m1/s1. The first-order valence-electron chi connectivity index (χ1n) is 9.92. The van der Waals surface area contributed by atoms with Gasteiger partial charge in [-0.25, -0.2) is 0 Å². The lowest BCUT2D eigenvalue weighted by molar-refractivity contribution is 0.297. The van der Waals surface area contributed by atoms with Crippen molar-refractivity contribution in [3.05, 3.63) is 59.5 Å². The molecular formula is C23H22N4O. The summed E-state index contributed by atoms with van der Waals surface area (Å²) < 4.78 is 5.76. The van der Waals surface area contributed by atoms with Gasteiger partial charge < -0.3 is 10.5 Å². The van der Waals surface area contributed by atoms with Crippen molar-refractivity contribution in [3.8, 4) is 23.2 Å². The van der Waals surface area contributed by atoms with E-state index in [1.807, 2.05) is 12.1 Å². The van der Waals surface area contributed by atoms with Crippen LogP contribution in [0, 0.1) is 17.2 Å². The molecule has 2 aromatic carbocycles. The fourth-order valence-electron chi connectivity index (χ4n) is 4.87. The second-order valence-corrected chi connectivity index (χ2v) is 7.71. The molecule has 1 fully saturated rings. The molecule has 0 saturated heterocycles. The number of fused-ring (bicyclic) bond motifs is 2. The van der Waals surface area contributed by atoms with Crippen molar-refractivity contribution in [1.82, 2.24) is 10.2 Å². The smallest absolute Gasteiger partial charge is 0.244 e. The van der Waals surface area contributed by atoms with Crippen LogP contribution in [0.15, 0.2) is 53.9 Å². The monoisotopic (exact) mass is 370 g/mol. The lowest BCUT2D eigenvalue weighted by Crippen LogP contribution is -2.26.